The van der Waals surface area contributed by atoms with Crippen LogP contribution in [0.4, 0.5) is 0 Å². The van der Waals surface area contributed by atoms with Gasteiger partial charge in [-0.25, -0.2) is 4.72 Å². The zero-order chi connectivity index (χ0) is 9.72. The molecule has 0 aromatic heterocycles. The fraction of sp³-hybridized carbons (Fsp3) is 0.500. The molecule has 0 saturated heterocycles. The average Bonchev–Trinajstić information content (AvgIpc) is 1.83. The molecule has 4 N–H and O–H groups in total. The van der Waals surface area contributed by atoms with Crippen molar-refractivity contribution in [1.82, 2.24) is 4.72 Å². The Kier molecular flexibility index (Phi) is 4.40. The van der Waals surface area contributed by atoms with E-state index in [2.05, 4.69) is 5.73 Å². The van der Waals surface area contributed by atoms with Crippen molar-refractivity contribution < 1.29 is 23.5 Å². The van der Waals surface area contributed by atoms with Crippen molar-refractivity contribution in [3.8, 4) is 0 Å². The van der Waals surface area contributed by atoms with Crippen LogP contribution in [0, 0.1) is 0 Å². The van der Waals surface area contributed by atoms with E-state index in [0.29, 0.717) is 0 Å². The summed E-state index contributed by atoms with van der Waals surface area (Å²) >= 11 is -2.72. The number of nitrogens with two attached hydrogens (primary N) is 1. The Balaban J connectivity index is 4.14. The number of carbonyl (C=O) groups excluding carboxylic acids is 1. The van der Waals surface area contributed by atoms with Crippen LogP contribution in [-0.4, -0.2) is 31.8 Å². The minimum atomic E-state index is -2.72. The molecule has 0 aliphatic rings. The summed E-state index contributed by atoms with van der Waals surface area (Å²) in [4.78, 5) is 20.4. The first-order valence-electron chi connectivity index (χ1n) is 2.80. The van der Waals surface area contributed by atoms with Crippen LogP contribution in [0.3, 0.4) is 0 Å². The van der Waals surface area contributed by atoms with Crippen LogP contribution in [0.5, 0.6) is 0 Å². The zero-order valence-corrected chi connectivity index (χ0v) is 6.67. The number of carboxylic acid groups (broad SMARTS) is 1. The van der Waals surface area contributed by atoms with Crippen molar-refractivity contribution in [3.05, 3.63) is 0 Å². The van der Waals surface area contributed by atoms with E-state index < -0.39 is 35.6 Å². The highest BCUT2D eigenvalue weighted by atomic mass is 32.2. The van der Waals surface area contributed by atoms with Crippen molar-refractivity contribution in [2.24, 2.45) is 5.73 Å². The molecule has 0 aliphatic heterocycles. The Morgan fingerprint density at radius 2 is 2.17 bits per heavy atom. The summed E-state index contributed by atoms with van der Waals surface area (Å²) < 4.78 is 21.6. The maximum absolute atomic E-state index is 10.2. The second-order valence-corrected chi connectivity index (χ2v) is 2.62. The van der Waals surface area contributed by atoms with Crippen LogP contribution >= 0.6 is 0 Å². The third kappa shape index (κ3) is 4.77. The van der Waals surface area contributed by atoms with Gasteiger partial charge in [-0.15, -0.1) is 0 Å². The second kappa shape index (κ2) is 4.80. The number of primary amides is 1. The Morgan fingerprint density at radius 1 is 1.67 bits per heavy atom. The number of amides is 1. The third-order valence-electron chi connectivity index (χ3n) is 0.942. The molecular weight excluding hydrogens is 188 g/mol. The molecule has 0 spiro atoms. The predicted molar refractivity (Wildman–Crippen MR) is 37.3 cm³/mol. The fourth-order valence-corrected chi connectivity index (χ4v) is 0.913. The highest BCUT2D eigenvalue weighted by Gasteiger charge is 2.19. The number of carboxylic acids is 1. The van der Waals surface area contributed by atoms with Crippen molar-refractivity contribution >= 4 is 23.1 Å². The molecule has 70 valence electrons. The van der Waals surface area contributed by atoms with Crippen LogP contribution in [0.25, 0.3) is 0 Å². The van der Waals surface area contributed by atoms with Crippen LogP contribution in [0.2, 0.25) is 0 Å². The Morgan fingerprint density at radius 3 is 2.42 bits per heavy atom. The largest absolute Gasteiger partial charge is 0.760 e. The molecule has 0 aromatic rings. The maximum atomic E-state index is 10.2. The van der Waals surface area contributed by atoms with E-state index in [-0.39, 0.29) is 0 Å². The first kappa shape index (κ1) is 11.0. The summed E-state index contributed by atoms with van der Waals surface area (Å²) in [6.07, 6.45) is -0.566. The van der Waals surface area contributed by atoms with Gasteiger partial charge >= 0.3 is 5.97 Å². The summed E-state index contributed by atoms with van der Waals surface area (Å²) in [5, 5.41) is 8.33. The number of hydrogen-bond acceptors (Lipinski definition) is 4. The molecule has 8 heteroatoms. The topological polar surface area (TPSA) is 133 Å². The lowest BCUT2D eigenvalue weighted by atomic mass is 10.2. The van der Waals surface area contributed by atoms with E-state index in [9.17, 15) is 18.4 Å². The molecule has 0 heterocycles. The number of rotatable bonds is 5. The summed E-state index contributed by atoms with van der Waals surface area (Å²) in [6.45, 7) is 0. The lowest BCUT2D eigenvalue weighted by Gasteiger charge is -2.13. The predicted octanol–water partition coefficient (Wildman–Crippen LogP) is -2.30. The Hall–Kier alpha value is -0.990. The number of nitrogens with one attached hydrogen (secondary N) is 1. The second-order valence-electron chi connectivity index (χ2n) is 1.91. The molecule has 0 aromatic carbocycles. The molecule has 7 nitrogen and oxygen atoms in total. The van der Waals surface area contributed by atoms with Crippen LogP contribution < -0.4 is 10.5 Å². The minimum Gasteiger partial charge on any atom is -0.760 e. The quantitative estimate of drug-likeness (QED) is 0.424. The van der Waals surface area contributed by atoms with Crippen LogP contribution in [-0.2, 0) is 20.9 Å². The van der Waals surface area contributed by atoms with Gasteiger partial charge in [0, 0.05) is 11.3 Å². The van der Waals surface area contributed by atoms with E-state index in [1.54, 1.807) is 4.72 Å². The molecule has 0 saturated carbocycles. The molecular formula is C4H7N2O5S-. The van der Waals surface area contributed by atoms with Gasteiger partial charge in [0.2, 0.25) is 5.91 Å². The number of hydrogen-bond donors (Lipinski definition) is 3. The standard InChI is InChI=1S/C4H8N2O5S/c5-3(7)1-2(4(8)9)6-12(10)11/h2,6H,1H2,(H2,5,7)(H,8,9)(H,10,11)/p-1. The van der Waals surface area contributed by atoms with Crippen LogP contribution in [0.15, 0.2) is 0 Å². The number of carbonyl (C=O) groups is 2. The Bertz CT molecular complexity index is 201. The van der Waals surface area contributed by atoms with Gasteiger partial charge < -0.3 is 15.4 Å². The zero-order valence-electron chi connectivity index (χ0n) is 5.85. The minimum absolute atomic E-state index is 0.566. The molecule has 0 bridgehead atoms. The van der Waals surface area contributed by atoms with Gasteiger partial charge in [-0.3, -0.25) is 13.8 Å². The Labute approximate surface area is 70.4 Å². The molecule has 0 fully saturated rings. The highest BCUT2D eigenvalue weighted by molar-refractivity contribution is 7.77. The SMILES string of the molecule is NC(=O)CC(NS(=O)[O-])C(=O)O. The monoisotopic (exact) mass is 195 g/mol. The summed E-state index contributed by atoms with van der Waals surface area (Å²) in [7, 11) is 0. The van der Waals surface area contributed by atoms with E-state index in [0.717, 1.165) is 0 Å². The van der Waals surface area contributed by atoms with Gasteiger partial charge in [-0.2, -0.15) is 0 Å². The molecule has 2 unspecified atom stereocenters. The van der Waals surface area contributed by atoms with Gasteiger partial charge in [-0.1, -0.05) is 0 Å². The van der Waals surface area contributed by atoms with Crippen molar-refractivity contribution in [2.45, 2.75) is 12.5 Å². The summed E-state index contributed by atoms with van der Waals surface area (Å²) in [5.74, 6) is -2.33. The number of aliphatic carboxylic acids is 1. The highest BCUT2D eigenvalue weighted by Crippen LogP contribution is 1.91. The van der Waals surface area contributed by atoms with E-state index >= 15 is 0 Å². The van der Waals surface area contributed by atoms with Crippen molar-refractivity contribution in [1.29, 1.82) is 0 Å². The molecule has 0 radical (unpaired) electrons. The van der Waals surface area contributed by atoms with Gasteiger partial charge in [0.05, 0.1) is 6.42 Å². The molecule has 2 atom stereocenters. The van der Waals surface area contributed by atoms with Gasteiger partial charge in [0.1, 0.15) is 6.04 Å². The average molecular weight is 195 g/mol. The van der Waals surface area contributed by atoms with E-state index in [4.69, 9.17) is 5.11 Å². The third-order valence-corrected chi connectivity index (χ3v) is 1.42. The van der Waals surface area contributed by atoms with Gasteiger partial charge in [0.25, 0.3) is 0 Å². The van der Waals surface area contributed by atoms with Crippen molar-refractivity contribution in [2.75, 3.05) is 0 Å². The smallest absolute Gasteiger partial charge is 0.322 e. The summed E-state index contributed by atoms with van der Waals surface area (Å²) in [6, 6.07) is -1.49. The molecule has 1 amide bonds. The molecule has 12 heavy (non-hydrogen) atoms. The maximum Gasteiger partial charge on any atom is 0.322 e. The van der Waals surface area contributed by atoms with Crippen LogP contribution in [0.1, 0.15) is 6.42 Å². The van der Waals surface area contributed by atoms with Gasteiger partial charge in [-0.05, 0) is 0 Å². The lowest BCUT2D eigenvalue weighted by Crippen LogP contribution is -2.40. The first-order chi connectivity index (χ1) is 5.43. The molecule has 0 rings (SSSR count). The molecule has 0 aliphatic carbocycles. The van der Waals surface area contributed by atoms with E-state index in [1.807, 2.05) is 0 Å². The van der Waals surface area contributed by atoms with Gasteiger partial charge in [0.15, 0.2) is 0 Å². The fourth-order valence-electron chi connectivity index (χ4n) is 0.497. The first-order valence-corrected chi connectivity index (χ1v) is 3.87. The normalized spacial score (nSPS) is 15.1. The lowest BCUT2D eigenvalue weighted by molar-refractivity contribution is -0.140. The van der Waals surface area contributed by atoms with Crippen molar-refractivity contribution in [3.63, 3.8) is 0 Å². The van der Waals surface area contributed by atoms with E-state index in [1.165, 1.54) is 0 Å². The summed E-state index contributed by atoms with van der Waals surface area (Å²) in [5.41, 5.74) is 4.66.